The molecule has 0 bridgehead atoms. The minimum Gasteiger partial charge on any atom is -0.394 e. The van der Waals surface area contributed by atoms with Gasteiger partial charge in [-0.3, -0.25) is 9.67 Å². The summed E-state index contributed by atoms with van der Waals surface area (Å²) in [6.07, 6.45) is 4.30. The Morgan fingerprint density at radius 2 is 2.20 bits per heavy atom. The number of aromatic nitrogens is 3. The summed E-state index contributed by atoms with van der Waals surface area (Å²) in [6, 6.07) is 5.35. The van der Waals surface area contributed by atoms with E-state index in [9.17, 15) is 8.42 Å². The summed E-state index contributed by atoms with van der Waals surface area (Å²) in [5.41, 5.74) is 0.668. The first-order valence-corrected chi connectivity index (χ1v) is 7.47. The Hall–Kier alpha value is -1.77. The maximum Gasteiger partial charge on any atom is 0.246 e. The Kier molecular flexibility index (Phi) is 4.48. The first-order chi connectivity index (χ1) is 9.54. The normalized spacial score (nSPS) is 11.9. The topological polar surface area (TPSA) is 88.3 Å². The largest absolute Gasteiger partial charge is 0.394 e. The maximum atomic E-state index is 12.3. The van der Waals surface area contributed by atoms with Gasteiger partial charge in [0.1, 0.15) is 4.90 Å². The van der Waals surface area contributed by atoms with Crippen molar-refractivity contribution in [3.05, 3.63) is 42.5 Å². The second-order valence-electron chi connectivity index (χ2n) is 4.24. The van der Waals surface area contributed by atoms with Crippen LogP contribution in [0.15, 0.2) is 41.7 Å². The van der Waals surface area contributed by atoms with Crippen LogP contribution in [0.4, 0.5) is 0 Å². The van der Waals surface area contributed by atoms with Crippen LogP contribution >= 0.6 is 0 Å². The molecule has 2 heterocycles. The zero-order chi connectivity index (χ0) is 14.6. The van der Waals surface area contributed by atoms with E-state index in [-0.39, 0.29) is 24.6 Å². The first kappa shape index (κ1) is 14.6. The fraction of sp³-hybridized carbons (Fsp3) is 0.333. The van der Waals surface area contributed by atoms with E-state index in [1.54, 1.807) is 18.3 Å². The predicted octanol–water partition coefficient (Wildman–Crippen LogP) is 0.0911. The molecule has 0 saturated heterocycles. The van der Waals surface area contributed by atoms with Gasteiger partial charge < -0.3 is 5.11 Å². The van der Waals surface area contributed by atoms with Crippen LogP contribution in [0, 0.1) is 0 Å². The van der Waals surface area contributed by atoms with Crippen LogP contribution in [0.2, 0.25) is 0 Å². The maximum absolute atomic E-state index is 12.3. The van der Waals surface area contributed by atoms with Crippen LogP contribution in [-0.4, -0.2) is 46.2 Å². The number of aliphatic hydroxyl groups excluding tert-OH is 1. The number of hydrogen-bond donors (Lipinski definition) is 1. The Morgan fingerprint density at radius 1 is 1.40 bits per heavy atom. The number of sulfonamides is 1. The highest BCUT2D eigenvalue weighted by Crippen LogP contribution is 2.15. The van der Waals surface area contributed by atoms with E-state index in [1.807, 2.05) is 6.07 Å². The summed E-state index contributed by atoms with van der Waals surface area (Å²) < 4.78 is 27.3. The molecule has 0 spiro atoms. The number of hydrogen-bond acceptors (Lipinski definition) is 5. The second kappa shape index (κ2) is 6.12. The Labute approximate surface area is 117 Å². The van der Waals surface area contributed by atoms with Crippen molar-refractivity contribution in [3.8, 4) is 0 Å². The van der Waals surface area contributed by atoms with E-state index in [0.717, 1.165) is 0 Å². The highest BCUT2D eigenvalue weighted by Gasteiger charge is 2.23. The molecule has 0 aromatic carbocycles. The standard InChI is InChI=1S/C12H16N4O3S/c1-15(9-11-4-2-3-5-13-11)20(18,19)12-8-14-16(10-12)6-7-17/h2-5,8,10,17H,6-7,9H2,1H3. The second-order valence-corrected chi connectivity index (χ2v) is 6.29. The van der Waals surface area contributed by atoms with Gasteiger partial charge in [0.25, 0.3) is 0 Å². The van der Waals surface area contributed by atoms with Gasteiger partial charge >= 0.3 is 0 Å². The molecule has 2 aromatic heterocycles. The lowest BCUT2D eigenvalue weighted by Gasteiger charge is -2.15. The molecule has 108 valence electrons. The quantitative estimate of drug-likeness (QED) is 0.816. The van der Waals surface area contributed by atoms with Gasteiger partial charge in [0.2, 0.25) is 10.0 Å². The molecular formula is C12H16N4O3S. The van der Waals surface area contributed by atoms with Crippen molar-refractivity contribution in [1.29, 1.82) is 0 Å². The van der Waals surface area contributed by atoms with E-state index in [0.29, 0.717) is 5.69 Å². The molecule has 0 radical (unpaired) electrons. The molecule has 2 aromatic rings. The van der Waals surface area contributed by atoms with Gasteiger partial charge in [-0.1, -0.05) is 6.07 Å². The number of aliphatic hydroxyl groups is 1. The van der Waals surface area contributed by atoms with Crippen molar-refractivity contribution in [2.24, 2.45) is 0 Å². The molecule has 7 nitrogen and oxygen atoms in total. The van der Waals surface area contributed by atoms with Gasteiger partial charge in [0.15, 0.2) is 0 Å². The molecule has 2 rings (SSSR count). The summed E-state index contributed by atoms with van der Waals surface area (Å²) in [6.45, 7) is 0.360. The van der Waals surface area contributed by atoms with Crippen LogP contribution < -0.4 is 0 Å². The molecule has 0 atom stereocenters. The van der Waals surface area contributed by atoms with Crippen LogP contribution in [0.5, 0.6) is 0 Å². The Bertz CT molecular complexity index is 654. The van der Waals surface area contributed by atoms with Crippen molar-refractivity contribution >= 4 is 10.0 Å². The highest BCUT2D eigenvalue weighted by molar-refractivity contribution is 7.89. The number of rotatable bonds is 6. The third-order valence-corrected chi connectivity index (χ3v) is 4.51. The average molecular weight is 296 g/mol. The average Bonchev–Trinajstić information content (AvgIpc) is 2.89. The van der Waals surface area contributed by atoms with Crippen molar-refractivity contribution in [3.63, 3.8) is 0 Å². The Morgan fingerprint density at radius 3 is 2.85 bits per heavy atom. The fourth-order valence-corrected chi connectivity index (χ4v) is 2.78. The lowest BCUT2D eigenvalue weighted by Crippen LogP contribution is -2.26. The zero-order valence-corrected chi connectivity index (χ0v) is 11.9. The molecular weight excluding hydrogens is 280 g/mol. The molecule has 0 amide bonds. The van der Waals surface area contributed by atoms with Gasteiger partial charge in [-0.25, -0.2) is 8.42 Å². The lowest BCUT2D eigenvalue weighted by molar-refractivity contribution is 0.269. The van der Waals surface area contributed by atoms with Crippen molar-refractivity contribution in [2.75, 3.05) is 13.7 Å². The smallest absolute Gasteiger partial charge is 0.246 e. The molecule has 0 aliphatic carbocycles. The molecule has 0 aliphatic rings. The summed E-state index contributed by atoms with van der Waals surface area (Å²) in [7, 11) is -2.11. The van der Waals surface area contributed by atoms with Gasteiger partial charge in [-0.05, 0) is 12.1 Å². The van der Waals surface area contributed by atoms with Crippen molar-refractivity contribution in [1.82, 2.24) is 19.1 Å². The molecule has 20 heavy (non-hydrogen) atoms. The zero-order valence-electron chi connectivity index (χ0n) is 11.0. The first-order valence-electron chi connectivity index (χ1n) is 6.03. The molecule has 1 N–H and O–H groups in total. The number of nitrogens with zero attached hydrogens (tertiary/aromatic N) is 4. The molecule has 8 heteroatoms. The van der Waals surface area contributed by atoms with Crippen molar-refractivity contribution < 1.29 is 13.5 Å². The summed E-state index contributed by atoms with van der Waals surface area (Å²) in [5.74, 6) is 0. The van der Waals surface area contributed by atoms with Crippen LogP contribution in [-0.2, 0) is 23.1 Å². The fourth-order valence-electron chi connectivity index (χ4n) is 1.69. The Balaban J connectivity index is 2.16. The third kappa shape index (κ3) is 3.21. The van der Waals surface area contributed by atoms with Crippen LogP contribution in [0.25, 0.3) is 0 Å². The summed E-state index contributed by atoms with van der Waals surface area (Å²) in [5, 5.41) is 12.7. The molecule has 0 unspecified atom stereocenters. The monoisotopic (exact) mass is 296 g/mol. The van der Waals surface area contributed by atoms with E-state index in [2.05, 4.69) is 10.1 Å². The number of pyridine rings is 1. The van der Waals surface area contributed by atoms with Gasteiger partial charge in [0, 0.05) is 19.4 Å². The molecule has 0 saturated carbocycles. The highest BCUT2D eigenvalue weighted by atomic mass is 32.2. The van der Waals surface area contributed by atoms with E-state index in [4.69, 9.17) is 5.11 Å². The van der Waals surface area contributed by atoms with Gasteiger partial charge in [-0.15, -0.1) is 0 Å². The van der Waals surface area contributed by atoms with Gasteiger partial charge in [0.05, 0.1) is 31.6 Å². The van der Waals surface area contributed by atoms with E-state index < -0.39 is 10.0 Å². The van der Waals surface area contributed by atoms with Crippen molar-refractivity contribution in [2.45, 2.75) is 18.0 Å². The SMILES string of the molecule is CN(Cc1ccccn1)S(=O)(=O)c1cnn(CCO)c1. The molecule has 0 aliphatic heterocycles. The predicted molar refractivity (Wildman–Crippen MR) is 72.2 cm³/mol. The van der Waals surface area contributed by atoms with E-state index >= 15 is 0 Å². The minimum atomic E-state index is -3.61. The summed E-state index contributed by atoms with van der Waals surface area (Å²) >= 11 is 0. The van der Waals surface area contributed by atoms with Gasteiger partial charge in [-0.2, -0.15) is 9.40 Å². The van der Waals surface area contributed by atoms with Crippen LogP contribution in [0.3, 0.4) is 0 Å². The third-order valence-electron chi connectivity index (χ3n) is 2.76. The lowest BCUT2D eigenvalue weighted by atomic mass is 10.3. The van der Waals surface area contributed by atoms with E-state index in [1.165, 1.54) is 28.4 Å². The molecule has 0 fully saturated rings. The summed E-state index contributed by atoms with van der Waals surface area (Å²) in [4.78, 5) is 4.20. The minimum absolute atomic E-state index is 0.0923. The van der Waals surface area contributed by atoms with Crippen LogP contribution in [0.1, 0.15) is 5.69 Å².